The lowest BCUT2D eigenvalue weighted by Crippen LogP contribution is -2.13. The van der Waals surface area contributed by atoms with Crippen LogP contribution in [0.15, 0.2) is 36.0 Å². The lowest BCUT2D eigenvalue weighted by Gasteiger charge is -2.06. The van der Waals surface area contributed by atoms with Gasteiger partial charge in [-0.3, -0.25) is 4.79 Å². The van der Waals surface area contributed by atoms with E-state index >= 15 is 0 Å². The minimum absolute atomic E-state index is 0.179. The van der Waals surface area contributed by atoms with E-state index in [1.807, 2.05) is 44.2 Å². The molecule has 0 saturated heterocycles. The summed E-state index contributed by atoms with van der Waals surface area (Å²) in [5.74, 6) is -0.406. The highest BCUT2D eigenvalue weighted by Gasteiger charge is 2.13. The lowest BCUT2D eigenvalue weighted by atomic mass is 10.1. The van der Waals surface area contributed by atoms with E-state index in [1.165, 1.54) is 0 Å². The quantitative estimate of drug-likeness (QED) is 0.606. The van der Waals surface area contributed by atoms with Gasteiger partial charge in [0.2, 0.25) is 0 Å². The van der Waals surface area contributed by atoms with Crippen LogP contribution in [0.5, 0.6) is 0 Å². The van der Waals surface area contributed by atoms with Crippen molar-refractivity contribution in [2.75, 3.05) is 6.61 Å². The second-order valence-corrected chi connectivity index (χ2v) is 2.93. The summed E-state index contributed by atoms with van der Waals surface area (Å²) < 4.78 is 4.92. The summed E-state index contributed by atoms with van der Waals surface area (Å²) in [6, 6.07) is 0. The van der Waals surface area contributed by atoms with Crippen LogP contribution in [-0.2, 0) is 9.53 Å². The van der Waals surface area contributed by atoms with Gasteiger partial charge in [0.15, 0.2) is 0 Å². The molecule has 0 spiro atoms. The van der Waals surface area contributed by atoms with Crippen molar-refractivity contribution in [3.05, 3.63) is 36.0 Å². The fraction of sp³-hybridized carbons (Fsp3) is 0.364. The van der Waals surface area contributed by atoms with Crippen molar-refractivity contribution < 1.29 is 9.53 Å². The van der Waals surface area contributed by atoms with Gasteiger partial charge in [0.05, 0.1) is 12.5 Å². The molecule has 1 aliphatic carbocycles. The Balaban J connectivity index is 2.70. The summed E-state index contributed by atoms with van der Waals surface area (Å²) in [5, 5.41) is 0. The number of hydrogen-bond donors (Lipinski definition) is 0. The number of carbonyl (C=O) groups is 1. The summed E-state index contributed by atoms with van der Waals surface area (Å²) in [5.41, 5.74) is 1.09. The summed E-state index contributed by atoms with van der Waals surface area (Å²) in [6.45, 7) is 4.21. The van der Waals surface area contributed by atoms with Gasteiger partial charge >= 0.3 is 5.97 Å². The standard InChI is InChI=1S/C11H14O2/c1-3-13-11(12)10-7-5-4-6-9(2)8-10/h4-8,10H,3H2,1-2H3. The van der Waals surface area contributed by atoms with Crippen molar-refractivity contribution in [1.29, 1.82) is 0 Å². The molecule has 0 aromatic heterocycles. The molecule has 1 atom stereocenters. The van der Waals surface area contributed by atoms with Gasteiger partial charge in [0.1, 0.15) is 0 Å². The van der Waals surface area contributed by atoms with Crippen LogP contribution in [0.25, 0.3) is 0 Å². The minimum atomic E-state index is -0.227. The van der Waals surface area contributed by atoms with E-state index < -0.39 is 0 Å². The number of allylic oxidation sites excluding steroid dienone is 4. The molecule has 13 heavy (non-hydrogen) atoms. The zero-order valence-electron chi connectivity index (χ0n) is 7.99. The van der Waals surface area contributed by atoms with Gasteiger partial charge < -0.3 is 4.74 Å². The first-order valence-electron chi connectivity index (χ1n) is 4.44. The molecule has 0 aromatic rings. The van der Waals surface area contributed by atoms with E-state index in [1.54, 1.807) is 0 Å². The first kappa shape index (κ1) is 9.78. The largest absolute Gasteiger partial charge is 0.465 e. The molecule has 0 aliphatic heterocycles. The first-order valence-corrected chi connectivity index (χ1v) is 4.44. The number of carbonyl (C=O) groups excluding carboxylic acids is 1. The van der Waals surface area contributed by atoms with Crippen LogP contribution < -0.4 is 0 Å². The maximum Gasteiger partial charge on any atom is 0.316 e. The van der Waals surface area contributed by atoms with Gasteiger partial charge in [-0.05, 0) is 13.8 Å². The molecule has 1 rings (SSSR count). The average Bonchev–Trinajstić information content (AvgIpc) is 2.30. The second kappa shape index (κ2) is 4.65. The predicted octanol–water partition coefficient (Wildman–Crippen LogP) is 2.24. The van der Waals surface area contributed by atoms with Gasteiger partial charge in [-0.1, -0.05) is 36.0 Å². The number of rotatable bonds is 2. The van der Waals surface area contributed by atoms with E-state index in [4.69, 9.17) is 4.74 Å². The van der Waals surface area contributed by atoms with E-state index in [9.17, 15) is 4.79 Å². The molecule has 0 heterocycles. The van der Waals surface area contributed by atoms with Crippen LogP contribution in [-0.4, -0.2) is 12.6 Å². The third kappa shape index (κ3) is 2.90. The number of hydrogen-bond acceptors (Lipinski definition) is 2. The third-order valence-corrected chi connectivity index (χ3v) is 1.79. The van der Waals surface area contributed by atoms with E-state index in [0.717, 1.165) is 5.57 Å². The SMILES string of the molecule is CCOC(=O)C1C=CC=CC(C)=C1. The summed E-state index contributed by atoms with van der Waals surface area (Å²) >= 11 is 0. The molecule has 70 valence electrons. The van der Waals surface area contributed by atoms with Crippen LogP contribution in [0.1, 0.15) is 13.8 Å². The van der Waals surface area contributed by atoms with Gasteiger partial charge in [-0.15, -0.1) is 0 Å². The zero-order chi connectivity index (χ0) is 9.68. The van der Waals surface area contributed by atoms with Crippen LogP contribution in [0.2, 0.25) is 0 Å². The Kier molecular flexibility index (Phi) is 3.50. The lowest BCUT2D eigenvalue weighted by molar-refractivity contribution is -0.144. The highest BCUT2D eigenvalue weighted by atomic mass is 16.5. The first-order chi connectivity index (χ1) is 6.24. The van der Waals surface area contributed by atoms with Crippen molar-refractivity contribution in [3.63, 3.8) is 0 Å². The summed E-state index contributed by atoms with van der Waals surface area (Å²) in [4.78, 5) is 11.4. The van der Waals surface area contributed by atoms with Crippen molar-refractivity contribution in [3.8, 4) is 0 Å². The molecule has 0 bridgehead atoms. The van der Waals surface area contributed by atoms with Crippen LogP contribution in [0.4, 0.5) is 0 Å². The molecule has 0 fully saturated rings. The normalized spacial score (nSPS) is 20.8. The van der Waals surface area contributed by atoms with Crippen LogP contribution >= 0.6 is 0 Å². The van der Waals surface area contributed by atoms with Crippen molar-refractivity contribution in [1.82, 2.24) is 0 Å². The topological polar surface area (TPSA) is 26.3 Å². The van der Waals surface area contributed by atoms with E-state index in [0.29, 0.717) is 6.61 Å². The molecule has 0 saturated carbocycles. The van der Waals surface area contributed by atoms with Crippen molar-refractivity contribution >= 4 is 5.97 Å². The molecular formula is C11H14O2. The molecule has 0 aromatic carbocycles. The highest BCUT2D eigenvalue weighted by Crippen LogP contribution is 2.12. The van der Waals surface area contributed by atoms with Gasteiger partial charge in [-0.2, -0.15) is 0 Å². The van der Waals surface area contributed by atoms with E-state index in [2.05, 4.69) is 0 Å². The minimum Gasteiger partial charge on any atom is -0.465 e. The van der Waals surface area contributed by atoms with Crippen LogP contribution in [0.3, 0.4) is 0 Å². The molecule has 1 unspecified atom stereocenters. The van der Waals surface area contributed by atoms with Crippen molar-refractivity contribution in [2.45, 2.75) is 13.8 Å². The molecular weight excluding hydrogens is 164 g/mol. The van der Waals surface area contributed by atoms with Crippen molar-refractivity contribution in [2.24, 2.45) is 5.92 Å². The maximum atomic E-state index is 11.4. The predicted molar refractivity (Wildman–Crippen MR) is 52.2 cm³/mol. The summed E-state index contributed by atoms with van der Waals surface area (Å²) in [7, 11) is 0. The summed E-state index contributed by atoms with van der Waals surface area (Å²) in [6.07, 6.45) is 9.50. The zero-order valence-corrected chi connectivity index (χ0v) is 7.99. The Labute approximate surface area is 78.6 Å². The van der Waals surface area contributed by atoms with Gasteiger partial charge in [0.25, 0.3) is 0 Å². The highest BCUT2D eigenvalue weighted by molar-refractivity contribution is 5.77. The number of esters is 1. The molecule has 2 nitrogen and oxygen atoms in total. The fourth-order valence-corrected chi connectivity index (χ4v) is 1.17. The third-order valence-electron chi connectivity index (χ3n) is 1.79. The Bertz CT molecular complexity index is 272. The van der Waals surface area contributed by atoms with Gasteiger partial charge in [-0.25, -0.2) is 0 Å². The smallest absolute Gasteiger partial charge is 0.316 e. The number of ether oxygens (including phenoxy) is 1. The Morgan fingerprint density at radius 1 is 1.54 bits per heavy atom. The maximum absolute atomic E-state index is 11.4. The Hall–Kier alpha value is -1.31. The Morgan fingerprint density at radius 3 is 3.00 bits per heavy atom. The van der Waals surface area contributed by atoms with Crippen LogP contribution in [0, 0.1) is 5.92 Å². The average molecular weight is 178 g/mol. The molecule has 2 heteroatoms. The molecule has 0 radical (unpaired) electrons. The Morgan fingerprint density at radius 2 is 2.31 bits per heavy atom. The second-order valence-electron chi connectivity index (χ2n) is 2.93. The fourth-order valence-electron chi connectivity index (χ4n) is 1.17. The monoisotopic (exact) mass is 178 g/mol. The molecule has 0 amide bonds. The molecule has 0 N–H and O–H groups in total. The van der Waals surface area contributed by atoms with Gasteiger partial charge in [0, 0.05) is 0 Å². The van der Waals surface area contributed by atoms with E-state index in [-0.39, 0.29) is 11.9 Å². The molecule has 1 aliphatic rings.